The zero-order valence-corrected chi connectivity index (χ0v) is 7.71. The van der Waals surface area contributed by atoms with Gasteiger partial charge in [0.2, 0.25) is 0 Å². The topological polar surface area (TPSA) is 3.24 Å². The predicted molar refractivity (Wildman–Crippen MR) is 49.6 cm³/mol. The summed E-state index contributed by atoms with van der Waals surface area (Å²) in [6.45, 7) is 8.67. The summed E-state index contributed by atoms with van der Waals surface area (Å²) in [4.78, 5) is 2.42. The summed E-state index contributed by atoms with van der Waals surface area (Å²) < 4.78 is 0. The number of nitrogens with zero attached hydrogens (tertiary/aromatic N) is 1. The van der Waals surface area contributed by atoms with Crippen LogP contribution in [0.3, 0.4) is 0 Å². The van der Waals surface area contributed by atoms with Crippen LogP contribution in [0, 0.1) is 11.8 Å². The molecule has 1 aliphatic heterocycles. The van der Waals surface area contributed by atoms with Crippen LogP contribution < -0.4 is 0 Å². The van der Waals surface area contributed by atoms with E-state index in [2.05, 4.69) is 31.5 Å². The van der Waals surface area contributed by atoms with Gasteiger partial charge in [0.05, 0.1) is 0 Å². The molecule has 1 heteroatoms. The van der Waals surface area contributed by atoms with E-state index < -0.39 is 0 Å². The van der Waals surface area contributed by atoms with Crippen molar-refractivity contribution < 1.29 is 0 Å². The molecule has 0 N–H and O–H groups in total. The van der Waals surface area contributed by atoms with Crippen LogP contribution >= 0.6 is 0 Å². The fraction of sp³-hybridized carbons (Fsp3) is 0.800. The highest BCUT2D eigenvalue weighted by atomic mass is 15.1. The number of likely N-dealkylation sites (tertiary alicyclic amines) is 1. The number of hydrogen-bond donors (Lipinski definition) is 0. The van der Waals surface area contributed by atoms with Crippen molar-refractivity contribution in [1.29, 1.82) is 0 Å². The van der Waals surface area contributed by atoms with E-state index in [0.717, 1.165) is 11.8 Å². The van der Waals surface area contributed by atoms with Gasteiger partial charge in [-0.25, -0.2) is 0 Å². The number of piperidine rings is 1. The van der Waals surface area contributed by atoms with Gasteiger partial charge in [0.25, 0.3) is 0 Å². The van der Waals surface area contributed by atoms with Gasteiger partial charge in [-0.15, -0.1) is 6.58 Å². The lowest BCUT2D eigenvalue weighted by atomic mass is 9.84. The Balaban J connectivity index is 2.47. The largest absolute Gasteiger partial charge is 0.306 e. The molecule has 0 bridgehead atoms. The Labute approximate surface area is 70.1 Å². The van der Waals surface area contributed by atoms with Crippen molar-refractivity contribution >= 4 is 0 Å². The van der Waals surface area contributed by atoms with E-state index in [4.69, 9.17) is 0 Å². The van der Waals surface area contributed by atoms with Crippen molar-refractivity contribution in [2.75, 3.05) is 20.1 Å². The van der Waals surface area contributed by atoms with E-state index in [9.17, 15) is 0 Å². The molecule has 2 atom stereocenters. The summed E-state index contributed by atoms with van der Waals surface area (Å²) in [6, 6.07) is 0. The number of hydrogen-bond acceptors (Lipinski definition) is 1. The Kier molecular flexibility index (Phi) is 3.13. The molecule has 1 aliphatic rings. The highest BCUT2D eigenvalue weighted by molar-refractivity contribution is 4.88. The molecule has 0 amide bonds. The molecule has 0 saturated carbocycles. The lowest BCUT2D eigenvalue weighted by Crippen LogP contribution is -2.36. The van der Waals surface area contributed by atoms with Gasteiger partial charge in [-0.1, -0.05) is 19.4 Å². The first kappa shape index (κ1) is 8.79. The van der Waals surface area contributed by atoms with Crippen LogP contribution in [-0.4, -0.2) is 25.0 Å². The third kappa shape index (κ3) is 2.06. The highest BCUT2D eigenvalue weighted by Crippen LogP contribution is 2.25. The molecule has 1 rings (SSSR count). The van der Waals surface area contributed by atoms with Crippen LogP contribution in [-0.2, 0) is 0 Å². The Morgan fingerprint density at radius 3 is 2.91 bits per heavy atom. The highest BCUT2D eigenvalue weighted by Gasteiger charge is 2.23. The molecule has 2 unspecified atom stereocenters. The first-order valence-electron chi connectivity index (χ1n) is 4.59. The number of rotatable bonds is 2. The lowest BCUT2D eigenvalue weighted by molar-refractivity contribution is 0.166. The molecule has 1 saturated heterocycles. The van der Waals surface area contributed by atoms with Crippen molar-refractivity contribution in [3.05, 3.63) is 12.7 Å². The molecule has 0 aromatic rings. The fourth-order valence-electron chi connectivity index (χ4n) is 1.97. The summed E-state index contributed by atoms with van der Waals surface area (Å²) >= 11 is 0. The molecule has 1 nitrogen and oxygen atoms in total. The Morgan fingerprint density at radius 2 is 2.36 bits per heavy atom. The van der Waals surface area contributed by atoms with Gasteiger partial charge in [0, 0.05) is 6.54 Å². The molecular weight excluding hydrogens is 134 g/mol. The van der Waals surface area contributed by atoms with E-state index in [1.807, 2.05) is 0 Å². The van der Waals surface area contributed by atoms with Gasteiger partial charge in [0.15, 0.2) is 0 Å². The Morgan fingerprint density at radius 1 is 1.64 bits per heavy atom. The van der Waals surface area contributed by atoms with E-state index in [1.54, 1.807) is 0 Å². The number of allylic oxidation sites excluding steroid dienone is 1. The first-order valence-corrected chi connectivity index (χ1v) is 4.59. The maximum Gasteiger partial charge on any atom is 0.00121 e. The molecule has 1 fully saturated rings. The van der Waals surface area contributed by atoms with Crippen molar-refractivity contribution in [2.24, 2.45) is 11.8 Å². The van der Waals surface area contributed by atoms with Gasteiger partial charge >= 0.3 is 0 Å². The van der Waals surface area contributed by atoms with Crippen LogP contribution in [0.25, 0.3) is 0 Å². The standard InChI is InChI=1S/C10H19N/c1-4-9-6-7-11(3)8-10(9)5-2/h4,9-10H,1,5-8H2,2-3H3. The van der Waals surface area contributed by atoms with E-state index >= 15 is 0 Å². The van der Waals surface area contributed by atoms with Gasteiger partial charge in [-0.05, 0) is 31.8 Å². The molecule has 64 valence electrons. The first-order chi connectivity index (χ1) is 5.27. The zero-order valence-electron chi connectivity index (χ0n) is 7.71. The molecule has 0 spiro atoms. The second-order valence-electron chi connectivity index (χ2n) is 3.62. The van der Waals surface area contributed by atoms with Gasteiger partial charge in [0.1, 0.15) is 0 Å². The Hall–Kier alpha value is -0.300. The van der Waals surface area contributed by atoms with Gasteiger partial charge < -0.3 is 4.90 Å². The van der Waals surface area contributed by atoms with E-state index in [0.29, 0.717) is 0 Å². The monoisotopic (exact) mass is 153 g/mol. The Bertz CT molecular complexity index is 131. The van der Waals surface area contributed by atoms with Gasteiger partial charge in [-0.3, -0.25) is 0 Å². The third-order valence-corrected chi connectivity index (χ3v) is 2.82. The van der Waals surface area contributed by atoms with Crippen LogP contribution in [0.15, 0.2) is 12.7 Å². The fourth-order valence-corrected chi connectivity index (χ4v) is 1.97. The maximum absolute atomic E-state index is 3.89. The van der Waals surface area contributed by atoms with Crippen LogP contribution in [0.4, 0.5) is 0 Å². The second-order valence-corrected chi connectivity index (χ2v) is 3.62. The average Bonchev–Trinajstić information content (AvgIpc) is 2.04. The molecule has 0 aromatic heterocycles. The maximum atomic E-state index is 3.89. The van der Waals surface area contributed by atoms with Crippen molar-refractivity contribution in [3.63, 3.8) is 0 Å². The minimum absolute atomic E-state index is 0.774. The molecule has 0 radical (unpaired) electrons. The molecule has 1 heterocycles. The second kappa shape index (κ2) is 3.91. The zero-order chi connectivity index (χ0) is 8.27. The van der Waals surface area contributed by atoms with E-state index in [1.165, 1.54) is 25.9 Å². The predicted octanol–water partition coefficient (Wildman–Crippen LogP) is 2.15. The van der Waals surface area contributed by atoms with Crippen molar-refractivity contribution in [1.82, 2.24) is 4.90 Å². The summed E-state index contributed by atoms with van der Waals surface area (Å²) in [6.07, 6.45) is 4.74. The molecule has 0 aromatic carbocycles. The summed E-state index contributed by atoms with van der Waals surface area (Å²) in [5.41, 5.74) is 0. The van der Waals surface area contributed by atoms with Crippen molar-refractivity contribution in [3.8, 4) is 0 Å². The minimum atomic E-state index is 0.774. The SMILES string of the molecule is C=CC1CCN(C)CC1CC. The van der Waals surface area contributed by atoms with E-state index in [-0.39, 0.29) is 0 Å². The average molecular weight is 153 g/mol. The van der Waals surface area contributed by atoms with Gasteiger partial charge in [-0.2, -0.15) is 0 Å². The summed E-state index contributed by atoms with van der Waals surface area (Å²) in [7, 11) is 2.21. The third-order valence-electron chi connectivity index (χ3n) is 2.82. The smallest absolute Gasteiger partial charge is 0.00121 e. The summed E-state index contributed by atoms with van der Waals surface area (Å²) in [5.74, 6) is 1.63. The molecular formula is C10H19N. The van der Waals surface area contributed by atoms with Crippen molar-refractivity contribution in [2.45, 2.75) is 19.8 Å². The van der Waals surface area contributed by atoms with Crippen LogP contribution in [0.1, 0.15) is 19.8 Å². The minimum Gasteiger partial charge on any atom is -0.306 e. The lowest BCUT2D eigenvalue weighted by Gasteiger charge is -2.34. The normalized spacial score (nSPS) is 33.6. The molecule has 0 aliphatic carbocycles. The molecule has 11 heavy (non-hydrogen) atoms. The summed E-state index contributed by atoms with van der Waals surface area (Å²) in [5, 5.41) is 0. The quantitative estimate of drug-likeness (QED) is 0.549. The van der Waals surface area contributed by atoms with Crippen LogP contribution in [0.2, 0.25) is 0 Å². The van der Waals surface area contributed by atoms with Crippen LogP contribution in [0.5, 0.6) is 0 Å².